The number of halogens is 2. The molecule has 0 bridgehead atoms. The second kappa shape index (κ2) is 8.71. The van der Waals surface area contributed by atoms with E-state index in [1.807, 2.05) is 55.4 Å². The van der Waals surface area contributed by atoms with Crippen LogP contribution in [-0.2, 0) is 0 Å². The van der Waals surface area contributed by atoms with Crippen molar-refractivity contribution in [3.63, 3.8) is 0 Å². The van der Waals surface area contributed by atoms with Crippen LogP contribution in [0, 0.1) is 0 Å². The maximum Gasteiger partial charge on any atom is 0.345 e. The Kier molecular flexibility index (Phi) is 6.03. The first-order valence-corrected chi connectivity index (χ1v) is 11.3. The van der Waals surface area contributed by atoms with Crippen molar-refractivity contribution in [2.24, 2.45) is 5.10 Å². The lowest BCUT2D eigenvalue weighted by atomic mass is 10.1. The number of nitrogens with one attached hydrogen (secondary N) is 1. The number of benzene rings is 2. The van der Waals surface area contributed by atoms with Gasteiger partial charge in [-0.15, -0.1) is 11.3 Å². The van der Waals surface area contributed by atoms with E-state index in [0.717, 1.165) is 21.1 Å². The highest BCUT2D eigenvalue weighted by Crippen LogP contribution is 2.31. The Balaban J connectivity index is 1.54. The fraction of sp³-hybridized carbons (Fsp3) is 0.0952. The minimum absolute atomic E-state index is 0.403. The Morgan fingerprint density at radius 3 is 2.67 bits per heavy atom. The number of fused-ring (bicyclic) bond motifs is 1. The largest absolute Gasteiger partial charge is 0.421 e. The summed E-state index contributed by atoms with van der Waals surface area (Å²) in [7, 11) is 4.00. The van der Waals surface area contributed by atoms with Gasteiger partial charge in [0.25, 0.3) is 0 Å². The number of anilines is 2. The van der Waals surface area contributed by atoms with Crippen molar-refractivity contribution >= 4 is 71.2 Å². The van der Waals surface area contributed by atoms with Crippen molar-refractivity contribution in [1.29, 1.82) is 0 Å². The summed E-state index contributed by atoms with van der Waals surface area (Å²) in [5, 5.41) is 7.42. The molecule has 0 aliphatic carbocycles. The normalized spacial score (nSPS) is 11.3. The van der Waals surface area contributed by atoms with Crippen LogP contribution in [0.25, 0.3) is 22.2 Å². The van der Waals surface area contributed by atoms with E-state index in [9.17, 15) is 4.79 Å². The van der Waals surface area contributed by atoms with Crippen LogP contribution in [0.4, 0.5) is 10.8 Å². The van der Waals surface area contributed by atoms with Gasteiger partial charge < -0.3 is 9.32 Å². The molecule has 0 aliphatic rings. The molecule has 6 nitrogen and oxygen atoms in total. The SMILES string of the molecule is CN(C)c1ccc(/C=N/Nc2nc(-c3cc4cc(Br)cc(Br)c4oc3=O)cs2)cc1. The molecule has 9 heteroatoms. The van der Waals surface area contributed by atoms with Gasteiger partial charge >= 0.3 is 5.63 Å². The quantitative estimate of drug-likeness (QED) is 0.190. The smallest absolute Gasteiger partial charge is 0.345 e. The Bertz CT molecular complexity index is 1300. The number of rotatable bonds is 5. The minimum atomic E-state index is -0.438. The van der Waals surface area contributed by atoms with E-state index in [2.05, 4.69) is 47.4 Å². The van der Waals surface area contributed by atoms with Crippen molar-refractivity contribution in [2.45, 2.75) is 0 Å². The summed E-state index contributed by atoms with van der Waals surface area (Å²) in [6.07, 6.45) is 1.72. The maximum absolute atomic E-state index is 12.5. The topological polar surface area (TPSA) is 70.7 Å². The molecule has 4 rings (SSSR count). The molecule has 2 heterocycles. The Hall–Kier alpha value is -2.49. The molecule has 30 heavy (non-hydrogen) atoms. The van der Waals surface area contributed by atoms with Crippen molar-refractivity contribution in [3.05, 3.63) is 72.8 Å². The zero-order valence-electron chi connectivity index (χ0n) is 16.0. The minimum Gasteiger partial charge on any atom is -0.421 e. The van der Waals surface area contributed by atoms with Crippen LogP contribution in [-0.4, -0.2) is 25.3 Å². The molecule has 0 amide bonds. The standard InChI is InChI=1S/C21H16Br2N4O2S/c1-27(2)15-5-3-12(4-6-15)10-24-26-21-25-18(11-30-21)16-8-13-7-14(22)9-17(23)19(13)29-20(16)28/h3-11H,1-2H3,(H,25,26)/b24-10+. The second-order valence-electron chi connectivity index (χ2n) is 6.65. The molecule has 0 atom stereocenters. The molecule has 0 radical (unpaired) electrons. The maximum atomic E-state index is 12.5. The highest BCUT2D eigenvalue weighted by atomic mass is 79.9. The Labute approximate surface area is 193 Å². The molecule has 0 aliphatic heterocycles. The molecule has 0 unspecified atom stereocenters. The molecule has 0 spiro atoms. The molecule has 0 fully saturated rings. The van der Waals surface area contributed by atoms with Crippen molar-refractivity contribution in [2.75, 3.05) is 24.4 Å². The van der Waals surface area contributed by atoms with E-state index < -0.39 is 5.63 Å². The van der Waals surface area contributed by atoms with Gasteiger partial charge in [-0.2, -0.15) is 5.10 Å². The Morgan fingerprint density at radius 2 is 1.93 bits per heavy atom. The van der Waals surface area contributed by atoms with Crippen molar-refractivity contribution < 1.29 is 4.42 Å². The van der Waals surface area contributed by atoms with Crippen LogP contribution in [0.1, 0.15) is 5.56 Å². The number of hydrogen-bond acceptors (Lipinski definition) is 7. The zero-order chi connectivity index (χ0) is 21.3. The molecule has 2 aromatic heterocycles. The molecule has 0 saturated heterocycles. The van der Waals surface area contributed by atoms with Gasteiger partial charge in [-0.1, -0.05) is 28.1 Å². The first kappa shape index (κ1) is 20.8. The first-order valence-electron chi connectivity index (χ1n) is 8.86. The summed E-state index contributed by atoms with van der Waals surface area (Å²) in [4.78, 5) is 19.0. The molecular weight excluding hydrogens is 532 g/mol. The van der Waals surface area contributed by atoms with E-state index in [1.165, 1.54) is 11.3 Å². The fourth-order valence-electron chi connectivity index (χ4n) is 2.81. The summed E-state index contributed by atoms with van der Waals surface area (Å²) in [6.45, 7) is 0. The Morgan fingerprint density at radius 1 is 1.17 bits per heavy atom. The van der Waals surface area contributed by atoms with E-state index in [1.54, 1.807) is 17.7 Å². The first-order chi connectivity index (χ1) is 14.4. The molecule has 2 aromatic carbocycles. The van der Waals surface area contributed by atoms with Crippen LogP contribution in [0.15, 0.2) is 71.1 Å². The monoisotopic (exact) mass is 546 g/mol. The van der Waals surface area contributed by atoms with E-state index in [4.69, 9.17) is 4.42 Å². The van der Waals surface area contributed by atoms with Gasteiger partial charge in [0, 0.05) is 35.0 Å². The molecule has 0 saturated carbocycles. The summed E-state index contributed by atoms with van der Waals surface area (Å²) in [6, 6.07) is 13.5. The van der Waals surface area contributed by atoms with Crippen molar-refractivity contribution in [3.8, 4) is 11.3 Å². The third kappa shape index (κ3) is 4.48. The summed E-state index contributed by atoms with van der Waals surface area (Å²) < 4.78 is 7.09. The highest BCUT2D eigenvalue weighted by molar-refractivity contribution is 9.11. The third-order valence-electron chi connectivity index (χ3n) is 4.32. The summed E-state index contributed by atoms with van der Waals surface area (Å²) >= 11 is 8.24. The lowest BCUT2D eigenvalue weighted by molar-refractivity contribution is 0.561. The van der Waals surface area contributed by atoms with Gasteiger partial charge in [0.2, 0.25) is 5.13 Å². The zero-order valence-corrected chi connectivity index (χ0v) is 20.0. The lowest BCUT2D eigenvalue weighted by Crippen LogP contribution is -2.08. The van der Waals surface area contributed by atoms with E-state index in [-0.39, 0.29) is 0 Å². The average Bonchev–Trinajstić information content (AvgIpc) is 3.17. The van der Waals surface area contributed by atoms with E-state index >= 15 is 0 Å². The number of thiazole rings is 1. The molecule has 152 valence electrons. The number of nitrogens with zero attached hydrogens (tertiary/aromatic N) is 3. The predicted octanol–water partition coefficient (Wildman–Crippen LogP) is 5.95. The third-order valence-corrected chi connectivity index (χ3v) is 6.11. The number of aromatic nitrogens is 1. The van der Waals surface area contributed by atoms with Crippen LogP contribution < -0.4 is 16.0 Å². The fourth-order valence-corrected chi connectivity index (χ4v) is 4.80. The molecule has 4 aromatic rings. The average molecular weight is 548 g/mol. The summed E-state index contributed by atoms with van der Waals surface area (Å²) in [5.41, 5.74) is 6.02. The predicted molar refractivity (Wildman–Crippen MR) is 131 cm³/mol. The molecule has 1 N–H and O–H groups in total. The van der Waals surface area contributed by atoms with Crippen LogP contribution in [0.5, 0.6) is 0 Å². The van der Waals surface area contributed by atoms with Gasteiger partial charge in [-0.05, 0) is 51.8 Å². The van der Waals surface area contributed by atoms with E-state index in [0.29, 0.717) is 26.4 Å². The summed E-state index contributed by atoms with van der Waals surface area (Å²) in [5.74, 6) is 0. The van der Waals surface area contributed by atoms with Gasteiger partial charge in [0.1, 0.15) is 0 Å². The highest BCUT2D eigenvalue weighted by Gasteiger charge is 2.13. The van der Waals surface area contributed by atoms with Crippen LogP contribution in [0.3, 0.4) is 0 Å². The van der Waals surface area contributed by atoms with Crippen LogP contribution in [0.2, 0.25) is 0 Å². The van der Waals surface area contributed by atoms with Gasteiger partial charge in [-0.25, -0.2) is 9.78 Å². The van der Waals surface area contributed by atoms with Crippen LogP contribution >= 0.6 is 43.2 Å². The number of hydrazone groups is 1. The van der Waals surface area contributed by atoms with Gasteiger partial charge in [-0.3, -0.25) is 5.43 Å². The second-order valence-corrected chi connectivity index (χ2v) is 9.28. The molecular formula is C21H16Br2N4O2S. The number of hydrogen-bond donors (Lipinski definition) is 1. The van der Waals surface area contributed by atoms with Gasteiger partial charge in [0.15, 0.2) is 5.58 Å². The lowest BCUT2D eigenvalue weighted by Gasteiger charge is -2.11. The van der Waals surface area contributed by atoms with Crippen molar-refractivity contribution in [1.82, 2.24) is 4.98 Å². The van der Waals surface area contributed by atoms with Gasteiger partial charge in [0.05, 0.1) is 21.9 Å².